The fraction of sp³-hybridized carbons (Fsp3) is 0.818. The molecule has 5 heteroatoms. The molecule has 0 radical (unpaired) electrons. The van der Waals surface area contributed by atoms with Crippen molar-refractivity contribution in [3.63, 3.8) is 0 Å². The van der Waals surface area contributed by atoms with E-state index in [1.807, 2.05) is 13.0 Å². The second-order valence-corrected chi connectivity index (χ2v) is 14.0. The van der Waals surface area contributed by atoms with Gasteiger partial charge in [-0.3, -0.25) is 0 Å². The van der Waals surface area contributed by atoms with Crippen LogP contribution >= 0.6 is 0 Å². The lowest BCUT2D eigenvalue weighted by atomic mass is 9.98. The van der Waals surface area contributed by atoms with Crippen molar-refractivity contribution in [3.8, 4) is 0 Å². The summed E-state index contributed by atoms with van der Waals surface area (Å²) in [6, 6.07) is 0. The van der Waals surface area contributed by atoms with Gasteiger partial charge < -0.3 is 19.0 Å². The van der Waals surface area contributed by atoms with Crippen molar-refractivity contribution in [2.24, 2.45) is 5.92 Å². The van der Waals surface area contributed by atoms with Crippen molar-refractivity contribution in [2.75, 3.05) is 20.5 Å². The van der Waals surface area contributed by atoms with E-state index in [1.54, 1.807) is 7.11 Å². The molecular formula is C22H44O4Si. The van der Waals surface area contributed by atoms with Crippen LogP contribution in [0.5, 0.6) is 0 Å². The summed E-state index contributed by atoms with van der Waals surface area (Å²) in [4.78, 5) is 0. The smallest absolute Gasteiger partial charge is 0.201 e. The highest BCUT2D eigenvalue weighted by molar-refractivity contribution is 6.77. The SMILES string of the molecule is C=C[C@H](O[Si](C(C)C)(C(C)C)C(C)C)[C@H](C[C@@H](C)/C=C(\C)CO)OCOC. The van der Waals surface area contributed by atoms with Crippen molar-refractivity contribution in [1.29, 1.82) is 0 Å². The number of hydrogen-bond donors (Lipinski definition) is 1. The molecule has 1 N–H and O–H groups in total. The molecule has 160 valence electrons. The minimum absolute atomic E-state index is 0.0827. The van der Waals surface area contributed by atoms with Crippen LogP contribution in [0, 0.1) is 5.92 Å². The molecule has 0 spiro atoms. The number of rotatable bonds is 14. The molecule has 0 aliphatic heterocycles. The average Bonchev–Trinajstić information content (AvgIpc) is 2.58. The predicted octanol–water partition coefficient (Wildman–Crippen LogP) is 5.69. The van der Waals surface area contributed by atoms with E-state index < -0.39 is 8.32 Å². The number of aliphatic hydroxyl groups excluding tert-OH is 1. The second-order valence-electron chi connectivity index (χ2n) is 8.63. The van der Waals surface area contributed by atoms with E-state index in [1.165, 1.54) is 0 Å². The largest absolute Gasteiger partial charge is 0.407 e. The molecule has 4 nitrogen and oxygen atoms in total. The number of allylic oxidation sites excluding steroid dienone is 1. The van der Waals surface area contributed by atoms with E-state index >= 15 is 0 Å². The van der Waals surface area contributed by atoms with Gasteiger partial charge in [-0.05, 0) is 35.9 Å². The molecule has 3 atom stereocenters. The summed E-state index contributed by atoms with van der Waals surface area (Å²) in [5, 5.41) is 9.30. The normalized spacial score (nSPS) is 16.9. The standard InChI is InChI=1S/C22H44O4Si/c1-11-21(26-27(16(2)3,17(4)5)18(6)7)22(25-15-24-10)13-19(8)12-20(9)14-23/h11-12,16-19,21-23H,1,13-15H2,2-10H3/b20-12+/t19-,21-,22-/m0/s1. The summed E-state index contributed by atoms with van der Waals surface area (Å²) in [6.07, 6.45) is 4.47. The molecule has 0 fully saturated rings. The third kappa shape index (κ3) is 7.82. The third-order valence-electron chi connectivity index (χ3n) is 5.47. The molecule has 0 aliphatic rings. The average molecular weight is 401 g/mol. The molecule has 0 aromatic rings. The van der Waals surface area contributed by atoms with Gasteiger partial charge in [0.25, 0.3) is 0 Å². The van der Waals surface area contributed by atoms with Gasteiger partial charge in [0.05, 0.1) is 18.8 Å². The molecule has 0 amide bonds. The van der Waals surface area contributed by atoms with E-state index in [0.29, 0.717) is 16.6 Å². The Morgan fingerprint density at radius 1 is 1.04 bits per heavy atom. The van der Waals surface area contributed by atoms with Gasteiger partial charge in [0.2, 0.25) is 8.32 Å². The first-order valence-corrected chi connectivity index (χ1v) is 12.4. The Hall–Kier alpha value is -0.463. The van der Waals surface area contributed by atoms with Gasteiger partial charge in [0.1, 0.15) is 6.79 Å². The molecule has 0 aromatic carbocycles. The summed E-state index contributed by atoms with van der Waals surface area (Å²) in [5.74, 6) is 0.262. The van der Waals surface area contributed by atoms with Crippen LogP contribution in [-0.2, 0) is 13.9 Å². The second kappa shape index (κ2) is 12.9. The quantitative estimate of drug-likeness (QED) is 0.231. The van der Waals surface area contributed by atoms with Crippen LogP contribution in [0.15, 0.2) is 24.3 Å². The minimum atomic E-state index is -2.05. The van der Waals surface area contributed by atoms with E-state index in [-0.39, 0.29) is 31.5 Å². The molecule has 27 heavy (non-hydrogen) atoms. The van der Waals surface area contributed by atoms with Gasteiger partial charge in [-0.15, -0.1) is 6.58 Å². The van der Waals surface area contributed by atoms with Crippen molar-refractivity contribution in [2.45, 2.75) is 90.6 Å². The monoisotopic (exact) mass is 400 g/mol. The predicted molar refractivity (Wildman–Crippen MR) is 117 cm³/mol. The highest BCUT2D eigenvalue weighted by Crippen LogP contribution is 2.43. The van der Waals surface area contributed by atoms with Crippen LogP contribution in [0.25, 0.3) is 0 Å². The van der Waals surface area contributed by atoms with Gasteiger partial charge in [-0.2, -0.15) is 0 Å². The van der Waals surface area contributed by atoms with E-state index in [2.05, 4.69) is 61.1 Å². The highest BCUT2D eigenvalue weighted by atomic mass is 28.4. The van der Waals surface area contributed by atoms with Crippen LogP contribution in [-0.4, -0.2) is 46.1 Å². The van der Waals surface area contributed by atoms with Gasteiger partial charge >= 0.3 is 0 Å². The summed E-state index contributed by atoms with van der Waals surface area (Å²) in [5.41, 5.74) is 2.46. The molecular weight excluding hydrogens is 356 g/mol. The Labute approximate surface area is 169 Å². The molecule has 0 saturated heterocycles. The highest BCUT2D eigenvalue weighted by Gasteiger charge is 2.47. The van der Waals surface area contributed by atoms with Gasteiger partial charge in [-0.25, -0.2) is 0 Å². The van der Waals surface area contributed by atoms with Gasteiger partial charge in [-0.1, -0.05) is 66.2 Å². The zero-order chi connectivity index (χ0) is 21.2. The van der Waals surface area contributed by atoms with E-state index in [9.17, 15) is 5.11 Å². The Balaban J connectivity index is 5.65. The first-order chi connectivity index (χ1) is 12.6. The molecule has 0 aromatic heterocycles. The van der Waals surface area contributed by atoms with Crippen molar-refractivity contribution in [3.05, 3.63) is 24.3 Å². The number of ether oxygens (including phenoxy) is 2. The summed E-state index contributed by atoms with van der Waals surface area (Å²) in [6.45, 7) is 22.2. The van der Waals surface area contributed by atoms with Gasteiger partial charge in [0.15, 0.2) is 0 Å². The van der Waals surface area contributed by atoms with Crippen LogP contribution in [0.3, 0.4) is 0 Å². The molecule has 0 unspecified atom stereocenters. The molecule has 0 rings (SSSR count). The van der Waals surface area contributed by atoms with Crippen LogP contribution in [0.4, 0.5) is 0 Å². The Morgan fingerprint density at radius 2 is 1.56 bits per heavy atom. The fourth-order valence-corrected chi connectivity index (χ4v) is 9.88. The number of aliphatic hydroxyl groups is 1. The third-order valence-corrected chi connectivity index (χ3v) is 11.6. The van der Waals surface area contributed by atoms with E-state index in [0.717, 1.165) is 12.0 Å². The first kappa shape index (κ1) is 26.5. The maximum Gasteiger partial charge on any atom is 0.201 e. The van der Waals surface area contributed by atoms with Gasteiger partial charge in [0, 0.05) is 7.11 Å². The summed E-state index contributed by atoms with van der Waals surface area (Å²) >= 11 is 0. The lowest BCUT2D eigenvalue weighted by Crippen LogP contribution is -2.52. The first-order valence-electron chi connectivity index (χ1n) is 10.3. The molecule has 0 heterocycles. The molecule has 0 aliphatic carbocycles. The Kier molecular flexibility index (Phi) is 12.7. The zero-order valence-corrected chi connectivity index (χ0v) is 20.1. The van der Waals surface area contributed by atoms with Crippen LogP contribution < -0.4 is 0 Å². The minimum Gasteiger partial charge on any atom is -0.407 e. The maximum absolute atomic E-state index is 9.30. The van der Waals surface area contributed by atoms with E-state index in [4.69, 9.17) is 13.9 Å². The number of methoxy groups -OCH3 is 1. The lowest BCUT2D eigenvalue weighted by Gasteiger charge is -2.45. The topological polar surface area (TPSA) is 47.9 Å². The summed E-state index contributed by atoms with van der Waals surface area (Å²) in [7, 11) is -0.417. The molecule has 0 bridgehead atoms. The van der Waals surface area contributed by atoms with Crippen molar-refractivity contribution < 1.29 is 19.0 Å². The molecule has 0 saturated carbocycles. The maximum atomic E-state index is 9.30. The van der Waals surface area contributed by atoms with Crippen molar-refractivity contribution >= 4 is 8.32 Å². The van der Waals surface area contributed by atoms with Crippen molar-refractivity contribution in [1.82, 2.24) is 0 Å². The van der Waals surface area contributed by atoms with Crippen LogP contribution in [0.1, 0.15) is 61.8 Å². The fourth-order valence-electron chi connectivity index (χ4n) is 4.35. The zero-order valence-electron chi connectivity index (χ0n) is 19.1. The van der Waals surface area contributed by atoms with Crippen LogP contribution in [0.2, 0.25) is 16.6 Å². The number of hydrogen-bond acceptors (Lipinski definition) is 4. The Morgan fingerprint density at radius 3 is 1.93 bits per heavy atom. The Bertz CT molecular complexity index is 424. The summed E-state index contributed by atoms with van der Waals surface area (Å²) < 4.78 is 18.1. The lowest BCUT2D eigenvalue weighted by molar-refractivity contribution is -0.105.